The monoisotopic (exact) mass is 480 g/mol. The lowest BCUT2D eigenvalue weighted by Gasteiger charge is -2.31. The predicted octanol–water partition coefficient (Wildman–Crippen LogP) is 3.99. The number of benzene rings is 1. The lowest BCUT2D eigenvalue weighted by atomic mass is 10.1. The van der Waals surface area contributed by atoms with E-state index in [1.165, 1.54) is 12.1 Å². The van der Waals surface area contributed by atoms with Gasteiger partial charge in [0.05, 0.1) is 26.0 Å². The Hall–Kier alpha value is -1.17. The van der Waals surface area contributed by atoms with E-state index in [0.717, 1.165) is 13.2 Å². The summed E-state index contributed by atoms with van der Waals surface area (Å²) >= 11 is 16.6. The minimum atomic E-state index is -4.91. The van der Waals surface area contributed by atoms with Crippen LogP contribution >= 0.6 is 34.8 Å². The van der Waals surface area contributed by atoms with E-state index in [1.807, 2.05) is 0 Å². The third-order valence-corrected chi connectivity index (χ3v) is 4.20. The second-order valence-corrected chi connectivity index (χ2v) is 8.49. The van der Waals surface area contributed by atoms with E-state index in [4.69, 9.17) is 49.1 Å². The number of anilines is 2. The lowest BCUT2D eigenvalue weighted by molar-refractivity contribution is -0.206. The first-order valence-electron chi connectivity index (χ1n) is 8.22. The summed E-state index contributed by atoms with van der Waals surface area (Å²) in [4.78, 5) is 19.0. The summed E-state index contributed by atoms with van der Waals surface area (Å²) in [6, 6.07) is 3.56. The maximum Gasteiger partial charge on any atom is 0.438 e. The van der Waals surface area contributed by atoms with E-state index < -0.39 is 34.3 Å². The minimum Gasteiger partial charge on any atom is -0.443 e. The molecule has 7 nitrogen and oxygen atoms in total. The molecule has 164 valence electrons. The molecule has 1 N–H and O–H groups in total. The third kappa shape index (κ3) is 6.94. The second kappa shape index (κ2) is 9.76. The fraction of sp³-hybridized carbons (Fsp3) is 0.562. The van der Waals surface area contributed by atoms with Crippen LogP contribution in [0, 0.1) is 0 Å². The largest absolute Gasteiger partial charge is 0.443 e. The Balaban J connectivity index is 2.40. The van der Waals surface area contributed by atoms with E-state index in [-0.39, 0.29) is 5.69 Å². The van der Waals surface area contributed by atoms with Gasteiger partial charge in [0, 0.05) is 18.8 Å². The molecule has 0 bridgehead atoms. The molecule has 1 aliphatic heterocycles. The normalized spacial score (nSPS) is 16.5. The zero-order valence-electron chi connectivity index (χ0n) is 15.1. The molecule has 0 spiro atoms. The molecule has 1 heterocycles. The number of carbonyl (C=O) groups excluding carboxylic acids is 1. The molecule has 2 rings (SSSR count). The van der Waals surface area contributed by atoms with Crippen LogP contribution in [0.5, 0.6) is 0 Å². The first-order valence-corrected chi connectivity index (χ1v) is 9.36. The standard InChI is InChI=1S/C16H18Cl3F3N2O5/c1-27-24(14(26)29-9-15(17,18)19)12-7-10(13(25)16(20,21)22)6-11(8-12)23-2-4-28-5-3-23/h6-8,13,25H,2-5,9H2,1H3. The third-order valence-electron chi connectivity index (χ3n) is 3.87. The van der Waals surface area contributed by atoms with E-state index in [9.17, 15) is 23.1 Å². The van der Waals surface area contributed by atoms with Gasteiger partial charge in [-0.05, 0) is 23.8 Å². The van der Waals surface area contributed by atoms with Gasteiger partial charge in [-0.25, -0.2) is 4.79 Å². The van der Waals surface area contributed by atoms with Gasteiger partial charge in [-0.3, -0.25) is 4.84 Å². The average Bonchev–Trinajstić information content (AvgIpc) is 2.65. The van der Waals surface area contributed by atoms with Gasteiger partial charge in [0.15, 0.2) is 6.10 Å². The van der Waals surface area contributed by atoms with Crippen LogP contribution < -0.4 is 9.96 Å². The zero-order valence-corrected chi connectivity index (χ0v) is 17.4. The van der Waals surface area contributed by atoms with Gasteiger partial charge in [-0.1, -0.05) is 34.8 Å². The molecule has 1 fully saturated rings. The van der Waals surface area contributed by atoms with Gasteiger partial charge in [0.25, 0.3) is 0 Å². The number of hydroxylamine groups is 1. The van der Waals surface area contributed by atoms with Crippen molar-refractivity contribution < 1.29 is 37.4 Å². The lowest BCUT2D eigenvalue weighted by Crippen LogP contribution is -2.37. The first kappa shape index (κ1) is 24.1. The van der Waals surface area contributed by atoms with Crippen molar-refractivity contribution >= 4 is 52.3 Å². The number of hydrogen-bond acceptors (Lipinski definition) is 6. The van der Waals surface area contributed by atoms with Crippen molar-refractivity contribution in [2.45, 2.75) is 16.1 Å². The smallest absolute Gasteiger partial charge is 0.438 e. The highest BCUT2D eigenvalue weighted by Gasteiger charge is 2.40. The van der Waals surface area contributed by atoms with Crippen molar-refractivity contribution in [3.8, 4) is 0 Å². The Kier molecular flexibility index (Phi) is 8.11. The Morgan fingerprint density at radius 1 is 1.28 bits per heavy atom. The summed E-state index contributed by atoms with van der Waals surface area (Å²) < 4.78 is 47.4. The number of hydrogen-bond donors (Lipinski definition) is 1. The Bertz CT molecular complexity index is 712. The van der Waals surface area contributed by atoms with E-state index >= 15 is 0 Å². The molecule has 1 saturated heterocycles. The number of rotatable bonds is 5. The molecule has 0 aliphatic carbocycles. The fourth-order valence-corrected chi connectivity index (χ4v) is 2.74. The number of halogens is 6. The number of alkyl halides is 6. The number of amides is 1. The highest BCUT2D eigenvalue weighted by atomic mass is 35.6. The molecule has 1 atom stereocenters. The molecule has 1 unspecified atom stereocenters. The summed E-state index contributed by atoms with van der Waals surface area (Å²) in [5.74, 6) is 0. The van der Waals surface area contributed by atoms with Gasteiger partial charge in [0.1, 0.15) is 6.61 Å². The van der Waals surface area contributed by atoms with Crippen LogP contribution in [0.2, 0.25) is 0 Å². The van der Waals surface area contributed by atoms with Gasteiger partial charge >= 0.3 is 12.3 Å². The van der Waals surface area contributed by atoms with Crippen molar-refractivity contribution in [2.24, 2.45) is 0 Å². The van der Waals surface area contributed by atoms with Crippen LogP contribution in [-0.4, -0.2) is 61.2 Å². The van der Waals surface area contributed by atoms with Gasteiger partial charge < -0.3 is 19.5 Å². The zero-order chi connectivity index (χ0) is 21.8. The fourth-order valence-electron chi connectivity index (χ4n) is 2.57. The molecule has 1 amide bonds. The highest BCUT2D eigenvalue weighted by Crippen LogP contribution is 2.37. The molecular weight excluding hydrogens is 464 g/mol. The minimum absolute atomic E-state index is 0.107. The number of nitrogens with zero attached hydrogens (tertiary/aromatic N) is 2. The molecular formula is C16H18Cl3F3N2O5. The molecule has 0 aromatic heterocycles. The van der Waals surface area contributed by atoms with Crippen LogP contribution in [0.4, 0.5) is 29.3 Å². The first-order chi connectivity index (χ1) is 13.4. The predicted molar refractivity (Wildman–Crippen MR) is 102 cm³/mol. The summed E-state index contributed by atoms with van der Waals surface area (Å²) in [5.41, 5.74) is -0.253. The average molecular weight is 482 g/mol. The Labute approximate surface area is 179 Å². The van der Waals surface area contributed by atoms with Crippen LogP contribution in [0.3, 0.4) is 0 Å². The van der Waals surface area contributed by atoms with Gasteiger partial charge in [0.2, 0.25) is 3.79 Å². The summed E-state index contributed by atoms with van der Waals surface area (Å²) in [7, 11) is 1.11. The molecule has 1 aliphatic rings. The number of carbonyl (C=O) groups is 1. The molecule has 1 aromatic rings. The maximum absolute atomic E-state index is 13.1. The number of morpholine rings is 1. The van der Waals surface area contributed by atoms with Gasteiger partial charge in [-0.15, -0.1) is 0 Å². The molecule has 1 aromatic carbocycles. The van der Waals surface area contributed by atoms with Crippen LogP contribution in [-0.2, 0) is 14.3 Å². The second-order valence-electron chi connectivity index (χ2n) is 5.97. The van der Waals surface area contributed by atoms with Crippen LogP contribution in [0.1, 0.15) is 11.7 Å². The molecule has 13 heteroatoms. The van der Waals surface area contributed by atoms with Crippen molar-refractivity contribution in [1.29, 1.82) is 0 Å². The Morgan fingerprint density at radius 2 is 1.90 bits per heavy atom. The number of aliphatic hydroxyl groups is 1. The topological polar surface area (TPSA) is 71.5 Å². The van der Waals surface area contributed by atoms with Crippen LogP contribution in [0.15, 0.2) is 18.2 Å². The van der Waals surface area contributed by atoms with Gasteiger partial charge in [-0.2, -0.15) is 18.2 Å². The van der Waals surface area contributed by atoms with Crippen molar-refractivity contribution in [3.63, 3.8) is 0 Å². The summed E-state index contributed by atoms with van der Waals surface area (Å²) in [6.45, 7) is 0.963. The quantitative estimate of drug-likeness (QED) is 0.506. The van der Waals surface area contributed by atoms with E-state index in [2.05, 4.69) is 0 Å². The van der Waals surface area contributed by atoms with Crippen molar-refractivity contribution in [3.05, 3.63) is 23.8 Å². The molecule has 0 saturated carbocycles. The van der Waals surface area contributed by atoms with Crippen molar-refractivity contribution in [1.82, 2.24) is 0 Å². The van der Waals surface area contributed by atoms with Crippen LogP contribution in [0.25, 0.3) is 0 Å². The Morgan fingerprint density at radius 3 is 2.41 bits per heavy atom. The maximum atomic E-state index is 13.1. The SMILES string of the molecule is CON(C(=O)OCC(Cl)(Cl)Cl)c1cc(C(O)C(F)(F)F)cc(N2CCOCC2)c1. The van der Waals surface area contributed by atoms with E-state index in [0.29, 0.717) is 37.1 Å². The molecule has 0 radical (unpaired) electrons. The summed E-state index contributed by atoms with van der Waals surface area (Å²) in [5, 5.41) is 10.3. The number of aliphatic hydroxyl groups excluding tert-OH is 1. The van der Waals surface area contributed by atoms with Crippen molar-refractivity contribution in [2.75, 3.05) is 50.0 Å². The van der Waals surface area contributed by atoms with E-state index in [1.54, 1.807) is 4.90 Å². The molecule has 29 heavy (non-hydrogen) atoms. The summed E-state index contributed by atoms with van der Waals surface area (Å²) in [6.07, 6.45) is -8.79. The highest BCUT2D eigenvalue weighted by molar-refractivity contribution is 6.67. The number of ether oxygens (including phenoxy) is 2.